The Kier molecular flexibility index (Phi) is 2.72. The summed E-state index contributed by atoms with van der Waals surface area (Å²) >= 11 is 0. The monoisotopic (exact) mass is 196 g/mol. The zero-order valence-electron chi connectivity index (χ0n) is 8.21. The number of rotatable bonds is 4. The van der Waals surface area contributed by atoms with Gasteiger partial charge in [-0.15, -0.1) is 0 Å². The van der Waals surface area contributed by atoms with Crippen LogP contribution in [0.15, 0.2) is 9.32 Å². The average molecular weight is 196 g/mol. The minimum absolute atomic E-state index is 0.208. The van der Waals surface area contributed by atoms with Crippen LogP contribution < -0.4 is 11.4 Å². The molecule has 14 heavy (non-hydrogen) atoms. The molecule has 1 fully saturated rings. The Hall–Kier alpha value is -1.03. The van der Waals surface area contributed by atoms with Crippen LogP contribution in [0, 0.1) is 0 Å². The van der Waals surface area contributed by atoms with Gasteiger partial charge in [0.25, 0.3) is 0 Å². The van der Waals surface area contributed by atoms with E-state index in [0.717, 1.165) is 24.1 Å². The molecule has 1 aromatic heterocycles. The summed E-state index contributed by atoms with van der Waals surface area (Å²) in [6, 6.07) is 0. The molecular weight excluding hydrogens is 180 g/mol. The van der Waals surface area contributed by atoms with E-state index in [9.17, 15) is 4.79 Å². The second-order valence-corrected chi connectivity index (χ2v) is 3.90. The summed E-state index contributed by atoms with van der Waals surface area (Å²) < 4.78 is 4.83. The lowest BCUT2D eigenvalue weighted by Crippen LogP contribution is -2.14. The Morgan fingerprint density at radius 2 is 2.29 bits per heavy atom. The third-order valence-electron chi connectivity index (χ3n) is 2.97. The van der Waals surface area contributed by atoms with Gasteiger partial charge in [-0.25, -0.2) is 9.95 Å². The minimum Gasteiger partial charge on any atom is -0.339 e. The van der Waals surface area contributed by atoms with Gasteiger partial charge in [0.2, 0.25) is 0 Å². The van der Waals surface area contributed by atoms with Gasteiger partial charge in [-0.2, -0.15) is 0 Å². The zero-order chi connectivity index (χ0) is 9.97. The van der Waals surface area contributed by atoms with E-state index in [1.807, 2.05) is 0 Å². The van der Waals surface area contributed by atoms with Crippen LogP contribution in [0.25, 0.3) is 0 Å². The van der Waals surface area contributed by atoms with Crippen molar-refractivity contribution in [3.05, 3.63) is 21.7 Å². The highest BCUT2D eigenvalue weighted by atomic mass is 16.5. The number of aromatic amines is 1. The fraction of sp³-hybridized carbons (Fsp3) is 0.700. The van der Waals surface area contributed by atoms with Crippen molar-refractivity contribution in [1.29, 1.82) is 0 Å². The van der Waals surface area contributed by atoms with E-state index in [1.165, 1.54) is 19.3 Å². The van der Waals surface area contributed by atoms with Crippen LogP contribution in [0.3, 0.4) is 0 Å². The van der Waals surface area contributed by atoms with E-state index in [4.69, 9.17) is 10.3 Å². The first kappa shape index (κ1) is 9.52. The van der Waals surface area contributed by atoms with Gasteiger partial charge in [0.1, 0.15) is 0 Å². The highest BCUT2D eigenvalue weighted by Crippen LogP contribution is 2.36. The molecule has 0 radical (unpaired) electrons. The molecule has 2 rings (SSSR count). The number of hydrogen-bond donors (Lipinski definition) is 2. The van der Waals surface area contributed by atoms with Crippen molar-refractivity contribution < 1.29 is 4.52 Å². The summed E-state index contributed by atoms with van der Waals surface area (Å²) in [5.74, 6) is 0.522. The van der Waals surface area contributed by atoms with Crippen molar-refractivity contribution in [1.82, 2.24) is 5.16 Å². The third-order valence-corrected chi connectivity index (χ3v) is 2.97. The fourth-order valence-corrected chi connectivity index (χ4v) is 1.88. The molecule has 0 unspecified atom stereocenters. The maximum absolute atomic E-state index is 11.4. The molecule has 0 bridgehead atoms. The van der Waals surface area contributed by atoms with Crippen molar-refractivity contribution in [2.75, 3.05) is 6.54 Å². The van der Waals surface area contributed by atoms with Gasteiger partial charge in [-0.1, -0.05) is 6.42 Å². The molecule has 1 aliphatic carbocycles. The smallest absolute Gasteiger partial charge is 0.339 e. The lowest BCUT2D eigenvalue weighted by atomic mass is 9.81. The van der Waals surface area contributed by atoms with Crippen molar-refractivity contribution in [3.8, 4) is 0 Å². The summed E-state index contributed by atoms with van der Waals surface area (Å²) in [4.78, 5) is 11.4. The summed E-state index contributed by atoms with van der Waals surface area (Å²) in [5, 5.41) is 2.76. The Morgan fingerprint density at radius 1 is 1.50 bits per heavy atom. The summed E-state index contributed by atoms with van der Waals surface area (Å²) in [5.41, 5.74) is 7.06. The molecule has 3 N–H and O–H groups in total. The van der Waals surface area contributed by atoms with Crippen molar-refractivity contribution in [3.63, 3.8) is 0 Å². The van der Waals surface area contributed by atoms with Crippen molar-refractivity contribution >= 4 is 0 Å². The first-order valence-electron chi connectivity index (χ1n) is 5.23. The fourth-order valence-electron chi connectivity index (χ4n) is 1.88. The predicted molar refractivity (Wildman–Crippen MR) is 53.3 cm³/mol. The summed E-state index contributed by atoms with van der Waals surface area (Å²) in [7, 11) is 0. The molecule has 1 aliphatic rings. The number of nitrogens with one attached hydrogen (secondary N) is 1. The molecule has 1 aromatic rings. The summed E-state index contributed by atoms with van der Waals surface area (Å²) in [6.07, 6.45) is 5.20. The maximum atomic E-state index is 11.4. The number of nitrogens with two attached hydrogens (primary N) is 1. The Labute approximate surface area is 82.4 Å². The van der Waals surface area contributed by atoms with Crippen LogP contribution in [0.1, 0.15) is 42.9 Å². The zero-order valence-corrected chi connectivity index (χ0v) is 8.21. The maximum Gasteiger partial charge on any atom is 0.360 e. The Morgan fingerprint density at radius 3 is 2.86 bits per heavy atom. The first-order chi connectivity index (χ1) is 6.83. The molecule has 0 atom stereocenters. The van der Waals surface area contributed by atoms with Gasteiger partial charge in [-0.05, 0) is 32.2 Å². The van der Waals surface area contributed by atoms with Gasteiger partial charge < -0.3 is 10.3 Å². The van der Waals surface area contributed by atoms with E-state index in [2.05, 4.69) is 5.16 Å². The lowest BCUT2D eigenvalue weighted by Gasteiger charge is -2.24. The van der Waals surface area contributed by atoms with Gasteiger partial charge in [0.15, 0.2) is 0 Å². The number of hydrogen-bond acceptors (Lipinski definition) is 3. The minimum atomic E-state index is -0.208. The molecular formula is C10H16N2O2. The molecule has 0 aromatic carbocycles. The molecule has 0 aliphatic heterocycles. The number of H-pyrrole nitrogens is 1. The molecule has 4 nitrogen and oxygen atoms in total. The second-order valence-electron chi connectivity index (χ2n) is 3.90. The standard InChI is InChI=1S/C10H16N2O2/c11-6-2-5-8-9(7-3-1-4-7)12-14-10(8)13/h7,12H,1-6,11H2. The Bertz CT molecular complexity index is 349. The quantitative estimate of drug-likeness (QED) is 0.758. The van der Waals surface area contributed by atoms with Crippen LogP contribution in [0.2, 0.25) is 0 Å². The van der Waals surface area contributed by atoms with Gasteiger partial charge in [-0.3, -0.25) is 0 Å². The first-order valence-corrected chi connectivity index (χ1v) is 5.23. The SMILES string of the molecule is NCCCc1c(C2CCC2)[nH]oc1=O. The molecule has 78 valence electrons. The normalized spacial score (nSPS) is 16.9. The molecule has 0 spiro atoms. The van der Waals surface area contributed by atoms with Crippen LogP contribution >= 0.6 is 0 Å². The largest absolute Gasteiger partial charge is 0.360 e. The van der Waals surface area contributed by atoms with Crippen LogP contribution in [0.4, 0.5) is 0 Å². The van der Waals surface area contributed by atoms with Gasteiger partial charge in [0, 0.05) is 5.92 Å². The predicted octanol–water partition coefficient (Wildman–Crippen LogP) is 1.13. The number of aromatic nitrogens is 1. The Balaban J connectivity index is 2.17. The molecule has 1 heterocycles. The van der Waals surface area contributed by atoms with Crippen LogP contribution in [-0.2, 0) is 6.42 Å². The second kappa shape index (κ2) is 4.00. The topological polar surface area (TPSA) is 72.0 Å². The molecule has 4 heteroatoms. The van der Waals surface area contributed by atoms with Crippen molar-refractivity contribution in [2.24, 2.45) is 5.73 Å². The molecule has 0 saturated heterocycles. The molecule has 1 saturated carbocycles. The highest BCUT2D eigenvalue weighted by Gasteiger charge is 2.25. The molecule has 0 amide bonds. The van der Waals surface area contributed by atoms with E-state index in [1.54, 1.807) is 0 Å². The van der Waals surface area contributed by atoms with Crippen LogP contribution in [-0.4, -0.2) is 11.7 Å². The van der Waals surface area contributed by atoms with E-state index in [0.29, 0.717) is 12.5 Å². The van der Waals surface area contributed by atoms with Gasteiger partial charge >= 0.3 is 5.63 Å². The van der Waals surface area contributed by atoms with E-state index in [-0.39, 0.29) is 5.63 Å². The average Bonchev–Trinajstić information content (AvgIpc) is 2.42. The lowest BCUT2D eigenvalue weighted by molar-refractivity contribution is 0.350. The van der Waals surface area contributed by atoms with Gasteiger partial charge in [0.05, 0.1) is 11.3 Å². The summed E-state index contributed by atoms with van der Waals surface area (Å²) in [6.45, 7) is 0.620. The third kappa shape index (κ3) is 1.62. The highest BCUT2D eigenvalue weighted by molar-refractivity contribution is 5.21. The van der Waals surface area contributed by atoms with E-state index >= 15 is 0 Å². The van der Waals surface area contributed by atoms with Crippen molar-refractivity contribution in [2.45, 2.75) is 38.0 Å². The van der Waals surface area contributed by atoms with Crippen LogP contribution in [0.5, 0.6) is 0 Å². The van der Waals surface area contributed by atoms with E-state index < -0.39 is 0 Å².